The first-order chi connectivity index (χ1) is 2.27. The van der Waals surface area contributed by atoms with Crippen LogP contribution in [0.3, 0.4) is 0 Å². The largest absolute Gasteiger partial charge is 0.216 e. The van der Waals surface area contributed by atoms with E-state index in [1.807, 2.05) is 0 Å². The maximum Gasteiger partial charge on any atom is 0.0933 e. The summed E-state index contributed by atoms with van der Waals surface area (Å²) in [6.07, 6.45) is 0. The van der Waals surface area contributed by atoms with E-state index in [4.69, 9.17) is 23.4 Å². The van der Waals surface area contributed by atoms with E-state index < -0.39 is 0 Å². The van der Waals surface area contributed by atoms with Crippen molar-refractivity contribution in [3.63, 3.8) is 0 Å². The Labute approximate surface area is 41.4 Å². The van der Waals surface area contributed by atoms with E-state index in [0.717, 1.165) is 0 Å². The Morgan fingerprint density at radius 3 is 2.00 bits per heavy atom. The highest BCUT2D eigenvalue weighted by Crippen LogP contribution is 1.85. The summed E-state index contributed by atoms with van der Waals surface area (Å²) in [5, 5.41) is 0. The van der Waals surface area contributed by atoms with E-state index >= 15 is 0 Å². The summed E-state index contributed by atoms with van der Waals surface area (Å²) in [5.74, 6) is 0. The van der Waals surface area contributed by atoms with Gasteiger partial charge >= 0.3 is 0 Å². The molecule has 0 spiro atoms. The van der Waals surface area contributed by atoms with Gasteiger partial charge in [-0.05, 0) is 18.7 Å². The van der Waals surface area contributed by atoms with Crippen LogP contribution in [0.15, 0.2) is 0 Å². The first kappa shape index (κ1) is 5.54. The van der Waals surface area contributed by atoms with Gasteiger partial charge in [0.15, 0.2) is 0 Å². The van der Waals surface area contributed by atoms with Gasteiger partial charge in [0.2, 0.25) is 0 Å². The Morgan fingerprint density at radius 1 is 1.80 bits per heavy atom. The van der Waals surface area contributed by atoms with E-state index in [2.05, 4.69) is 4.84 Å². The molecule has 0 heterocycles. The van der Waals surface area contributed by atoms with Crippen molar-refractivity contribution in [3.05, 3.63) is 0 Å². The number of rotatable bonds is 1. The van der Waals surface area contributed by atoms with E-state index in [0.29, 0.717) is 0 Å². The molecule has 0 fully saturated rings. The molecule has 0 amide bonds. The molecule has 0 rings (SSSR count). The van der Waals surface area contributed by atoms with Gasteiger partial charge in [0.1, 0.15) is 0 Å². The Morgan fingerprint density at radius 2 is 2.00 bits per heavy atom. The minimum Gasteiger partial charge on any atom is -0.216 e. The van der Waals surface area contributed by atoms with E-state index in [1.165, 1.54) is 0 Å². The zero-order chi connectivity index (χ0) is 4.28. The molecular weight excluding hydrogens is 109 g/mol. The van der Waals surface area contributed by atoms with Crippen molar-refractivity contribution in [3.8, 4) is 0 Å². The Balaban J connectivity index is 2.54. The van der Waals surface area contributed by atoms with E-state index in [-0.39, 0.29) is 5.50 Å². The molecule has 1 N–H and O–H groups in total. The predicted molar refractivity (Wildman–Crippen MR) is 24.3 cm³/mol. The van der Waals surface area contributed by atoms with Gasteiger partial charge in [0, 0.05) is 0 Å². The van der Waals surface area contributed by atoms with Gasteiger partial charge < -0.3 is 0 Å². The third kappa shape index (κ3) is 4.54. The van der Waals surface area contributed by atoms with Crippen LogP contribution in [-0.4, -0.2) is 5.50 Å². The molecule has 0 aliphatic heterocycles. The number of hydrogen-bond acceptors (Lipinski definition) is 1. The van der Waals surface area contributed by atoms with E-state index in [9.17, 15) is 0 Å². The second kappa shape index (κ2) is 2.76. The fraction of sp³-hybridized carbons (Fsp3) is 1.00. The maximum absolute atomic E-state index is 5.22. The number of nitrogens with one attached hydrogen (secondary N) is 1. The number of hydrogen-bond donors (Lipinski definition) is 1. The zero-order valence-electron chi connectivity index (χ0n) is 2.83. The summed E-state index contributed by atoms with van der Waals surface area (Å²) in [6, 6.07) is 0. The Kier molecular flexibility index (Phi) is 3.06. The van der Waals surface area contributed by atoms with Crippen LogP contribution in [0.4, 0.5) is 0 Å². The second-order valence-corrected chi connectivity index (χ2v) is 1.60. The molecule has 0 aromatic rings. The molecule has 1 unspecified atom stereocenters. The van der Waals surface area contributed by atoms with Crippen LogP contribution in [-0.2, 0) is 0 Å². The summed E-state index contributed by atoms with van der Waals surface area (Å²) in [7, 11) is 0. The predicted octanol–water partition coefficient (Wildman–Crippen LogP) is 1.31. The highest BCUT2D eigenvalue weighted by Gasteiger charge is 1.82. The second-order valence-electron chi connectivity index (χ2n) is 0.725. The van der Waals surface area contributed by atoms with Gasteiger partial charge in [-0.15, -0.1) is 11.6 Å². The van der Waals surface area contributed by atoms with Crippen LogP contribution in [0.5, 0.6) is 0 Å². The van der Waals surface area contributed by atoms with Gasteiger partial charge in [0.05, 0.1) is 5.50 Å². The summed E-state index contributed by atoms with van der Waals surface area (Å²) >= 11 is 10.2. The molecule has 32 valence electrons. The summed E-state index contributed by atoms with van der Waals surface area (Å²) in [4.78, 5) is 2.27. The van der Waals surface area contributed by atoms with E-state index in [1.54, 1.807) is 6.92 Å². The molecule has 5 heavy (non-hydrogen) atoms. The van der Waals surface area contributed by atoms with Crippen molar-refractivity contribution in [2.45, 2.75) is 12.4 Å². The Bertz CT molecular complexity index is 21.6. The molecule has 0 aliphatic carbocycles. The quantitative estimate of drug-likeness (QED) is 0.308. The zero-order valence-corrected chi connectivity index (χ0v) is 4.35. The maximum atomic E-state index is 5.22. The van der Waals surface area contributed by atoms with Crippen LogP contribution in [0.2, 0.25) is 0 Å². The highest BCUT2D eigenvalue weighted by molar-refractivity contribution is 6.24. The molecule has 1 atom stereocenters. The summed E-state index contributed by atoms with van der Waals surface area (Å²) in [5.41, 5.74) is -0.128. The van der Waals surface area contributed by atoms with Crippen LogP contribution in [0, 0.1) is 0 Å². The van der Waals surface area contributed by atoms with Crippen molar-refractivity contribution < 1.29 is 0 Å². The van der Waals surface area contributed by atoms with Gasteiger partial charge in [-0.2, -0.15) is 0 Å². The fourth-order valence-electron chi connectivity index (χ4n) is 0. The molecule has 0 aromatic heterocycles. The fourth-order valence-corrected chi connectivity index (χ4v) is 0. The molecule has 1 nitrogen and oxygen atoms in total. The van der Waals surface area contributed by atoms with Gasteiger partial charge in [-0.3, -0.25) is 0 Å². The number of alkyl halides is 1. The van der Waals surface area contributed by atoms with Gasteiger partial charge in [-0.25, -0.2) is 4.84 Å². The lowest BCUT2D eigenvalue weighted by molar-refractivity contribution is 0.931. The van der Waals surface area contributed by atoms with Crippen molar-refractivity contribution in [2.24, 2.45) is 0 Å². The van der Waals surface area contributed by atoms with Crippen LogP contribution in [0.25, 0.3) is 0 Å². The summed E-state index contributed by atoms with van der Waals surface area (Å²) in [6.45, 7) is 1.74. The van der Waals surface area contributed by atoms with Gasteiger partial charge in [-0.1, -0.05) is 0 Å². The minimum atomic E-state index is -0.128. The van der Waals surface area contributed by atoms with Crippen molar-refractivity contribution in [2.75, 3.05) is 0 Å². The van der Waals surface area contributed by atoms with Crippen LogP contribution in [0.1, 0.15) is 6.92 Å². The highest BCUT2D eigenvalue weighted by atomic mass is 35.5. The molecule has 0 bridgehead atoms. The van der Waals surface area contributed by atoms with Crippen LogP contribution >= 0.6 is 23.4 Å². The molecule has 0 radical (unpaired) electrons. The molecule has 3 heteroatoms. The lowest BCUT2D eigenvalue weighted by atomic mass is 10.8. The third-order valence-electron chi connectivity index (χ3n) is 0.150. The average Bonchev–Trinajstić information content (AvgIpc) is 1.38. The third-order valence-corrected chi connectivity index (χ3v) is 0.698. The number of halogens is 2. The molecule has 0 saturated carbocycles. The molecule has 0 saturated heterocycles. The normalized spacial score (nSPS) is 15.0. The minimum absolute atomic E-state index is 0.128. The lowest BCUT2D eigenvalue weighted by Crippen LogP contribution is -2.05. The van der Waals surface area contributed by atoms with Crippen LogP contribution < -0.4 is 4.84 Å². The Hall–Kier alpha value is 0.540. The molecular formula is C2H5Cl2N. The standard InChI is InChI=1S/C2H5Cl2N/c1-2(3)5-4/h2,5H,1H3. The molecule has 0 aliphatic rings. The lowest BCUT2D eigenvalue weighted by Gasteiger charge is -1.89. The van der Waals surface area contributed by atoms with Crippen molar-refractivity contribution in [1.29, 1.82) is 0 Å². The topological polar surface area (TPSA) is 12.0 Å². The van der Waals surface area contributed by atoms with Crippen molar-refractivity contribution >= 4 is 23.4 Å². The average molecular weight is 114 g/mol. The van der Waals surface area contributed by atoms with Crippen molar-refractivity contribution in [1.82, 2.24) is 4.84 Å². The summed E-state index contributed by atoms with van der Waals surface area (Å²) < 4.78 is 0. The molecule has 0 aromatic carbocycles. The smallest absolute Gasteiger partial charge is 0.0933 e. The first-order valence-corrected chi connectivity index (χ1v) is 2.09. The first-order valence-electron chi connectivity index (χ1n) is 1.27. The SMILES string of the molecule is CC(Cl)NCl. The van der Waals surface area contributed by atoms with Gasteiger partial charge in [0.25, 0.3) is 0 Å². The monoisotopic (exact) mass is 113 g/mol.